The van der Waals surface area contributed by atoms with Crippen molar-refractivity contribution in [1.29, 1.82) is 0 Å². The quantitative estimate of drug-likeness (QED) is 0.558. The highest BCUT2D eigenvalue weighted by molar-refractivity contribution is 6.15. The standard InChI is InChI=1S/C11H22BN/c1-9(2)11(12)6-8-13(4)7-5-10(11)3/h9-10H,5-8H2,1-4H3. The van der Waals surface area contributed by atoms with E-state index in [0.717, 1.165) is 13.0 Å². The summed E-state index contributed by atoms with van der Waals surface area (Å²) in [6, 6.07) is 0. The van der Waals surface area contributed by atoms with Crippen LogP contribution in [0.25, 0.3) is 0 Å². The van der Waals surface area contributed by atoms with E-state index in [9.17, 15) is 0 Å². The van der Waals surface area contributed by atoms with E-state index >= 15 is 0 Å². The summed E-state index contributed by atoms with van der Waals surface area (Å²) in [7, 11) is 8.67. The Labute approximate surface area is 84.3 Å². The van der Waals surface area contributed by atoms with Crippen molar-refractivity contribution < 1.29 is 0 Å². The molecule has 0 spiro atoms. The van der Waals surface area contributed by atoms with Gasteiger partial charge in [-0.1, -0.05) is 26.1 Å². The largest absolute Gasteiger partial charge is 0.306 e. The van der Waals surface area contributed by atoms with Gasteiger partial charge in [-0.15, -0.1) is 0 Å². The molecule has 1 nitrogen and oxygen atoms in total. The molecular weight excluding hydrogens is 157 g/mol. The highest BCUT2D eigenvalue weighted by atomic mass is 15.1. The first-order valence-corrected chi connectivity index (χ1v) is 5.44. The van der Waals surface area contributed by atoms with Crippen molar-refractivity contribution in [3.05, 3.63) is 0 Å². The maximum Gasteiger partial charge on any atom is 0.0754 e. The lowest BCUT2D eigenvalue weighted by Crippen LogP contribution is -2.28. The second-order valence-corrected chi connectivity index (χ2v) is 5.01. The summed E-state index contributed by atoms with van der Waals surface area (Å²) in [6.45, 7) is 9.16. The van der Waals surface area contributed by atoms with Gasteiger partial charge in [0.1, 0.15) is 0 Å². The van der Waals surface area contributed by atoms with Crippen LogP contribution in [0.2, 0.25) is 5.31 Å². The molecule has 2 atom stereocenters. The van der Waals surface area contributed by atoms with Gasteiger partial charge in [0.15, 0.2) is 0 Å². The molecule has 2 heteroatoms. The molecule has 2 radical (unpaired) electrons. The van der Waals surface area contributed by atoms with Crippen molar-refractivity contribution in [2.75, 3.05) is 20.1 Å². The van der Waals surface area contributed by atoms with Crippen LogP contribution in [0.3, 0.4) is 0 Å². The molecule has 74 valence electrons. The molecule has 13 heavy (non-hydrogen) atoms. The summed E-state index contributed by atoms with van der Waals surface area (Å²) in [5, 5.41) is 0.0603. The van der Waals surface area contributed by atoms with Crippen LogP contribution in [0, 0.1) is 11.8 Å². The van der Waals surface area contributed by atoms with E-state index < -0.39 is 0 Å². The molecule has 0 saturated carbocycles. The summed E-state index contributed by atoms with van der Waals surface area (Å²) >= 11 is 0. The molecule has 0 aliphatic carbocycles. The number of hydrogen-bond acceptors (Lipinski definition) is 1. The Hall–Kier alpha value is 0.0249. The molecule has 1 saturated heterocycles. The maximum absolute atomic E-state index is 6.48. The van der Waals surface area contributed by atoms with Crippen molar-refractivity contribution >= 4 is 7.85 Å². The van der Waals surface area contributed by atoms with E-state index in [-0.39, 0.29) is 5.31 Å². The van der Waals surface area contributed by atoms with E-state index in [1.807, 2.05) is 0 Å². The highest BCUT2D eigenvalue weighted by Gasteiger charge is 2.35. The Morgan fingerprint density at radius 1 is 1.38 bits per heavy atom. The lowest BCUT2D eigenvalue weighted by atomic mass is 9.53. The third kappa shape index (κ3) is 2.28. The second kappa shape index (κ2) is 4.04. The summed E-state index contributed by atoms with van der Waals surface area (Å²) in [5.74, 6) is 1.24. The molecule has 1 rings (SSSR count). The van der Waals surface area contributed by atoms with Crippen molar-refractivity contribution in [1.82, 2.24) is 4.90 Å². The Kier molecular flexibility index (Phi) is 3.45. The van der Waals surface area contributed by atoms with Crippen LogP contribution in [0.15, 0.2) is 0 Å². The number of nitrogens with zero attached hydrogens (tertiary/aromatic N) is 1. The minimum absolute atomic E-state index is 0.0603. The van der Waals surface area contributed by atoms with Crippen molar-refractivity contribution in [3.8, 4) is 0 Å². The van der Waals surface area contributed by atoms with Crippen LogP contribution < -0.4 is 0 Å². The van der Waals surface area contributed by atoms with E-state index in [1.165, 1.54) is 13.0 Å². The zero-order chi connectivity index (χ0) is 10.1. The van der Waals surface area contributed by atoms with Gasteiger partial charge >= 0.3 is 0 Å². The van der Waals surface area contributed by atoms with Gasteiger partial charge in [-0.05, 0) is 44.8 Å². The smallest absolute Gasteiger partial charge is 0.0754 e. The van der Waals surface area contributed by atoms with Crippen molar-refractivity contribution in [2.24, 2.45) is 11.8 Å². The van der Waals surface area contributed by atoms with Gasteiger partial charge in [0.05, 0.1) is 7.85 Å². The Balaban J connectivity index is 2.71. The molecule has 1 fully saturated rings. The zero-order valence-corrected chi connectivity index (χ0v) is 9.51. The average Bonchev–Trinajstić information content (AvgIpc) is 2.19. The molecule has 0 N–H and O–H groups in total. The molecule has 0 bridgehead atoms. The Bertz CT molecular complexity index is 169. The molecular formula is C11H22BN. The van der Waals surface area contributed by atoms with Gasteiger partial charge in [-0.25, -0.2) is 0 Å². The fourth-order valence-electron chi connectivity index (χ4n) is 2.28. The summed E-state index contributed by atoms with van der Waals surface area (Å²) in [4.78, 5) is 2.40. The predicted molar refractivity (Wildman–Crippen MR) is 59.2 cm³/mol. The van der Waals surface area contributed by atoms with Gasteiger partial charge in [0.2, 0.25) is 0 Å². The monoisotopic (exact) mass is 179 g/mol. The normalized spacial score (nSPS) is 37.8. The maximum atomic E-state index is 6.48. The molecule has 1 aliphatic rings. The molecule has 1 aliphatic heterocycles. The molecule has 0 amide bonds. The van der Waals surface area contributed by atoms with E-state index in [0.29, 0.717) is 11.8 Å². The lowest BCUT2D eigenvalue weighted by Gasteiger charge is -2.39. The third-order valence-electron chi connectivity index (χ3n) is 3.86. The molecule has 0 aromatic carbocycles. The second-order valence-electron chi connectivity index (χ2n) is 5.01. The third-order valence-corrected chi connectivity index (χ3v) is 3.86. The van der Waals surface area contributed by atoms with Crippen LogP contribution in [-0.4, -0.2) is 32.9 Å². The summed E-state index contributed by atoms with van der Waals surface area (Å²) < 4.78 is 0. The van der Waals surface area contributed by atoms with Gasteiger partial charge in [0.25, 0.3) is 0 Å². The van der Waals surface area contributed by atoms with Crippen molar-refractivity contribution in [3.63, 3.8) is 0 Å². The molecule has 1 heterocycles. The van der Waals surface area contributed by atoms with Crippen molar-refractivity contribution in [2.45, 2.75) is 38.9 Å². The lowest BCUT2D eigenvalue weighted by molar-refractivity contribution is 0.284. The van der Waals surface area contributed by atoms with Gasteiger partial charge in [-0.2, -0.15) is 0 Å². The first-order valence-electron chi connectivity index (χ1n) is 5.44. The van der Waals surface area contributed by atoms with Crippen LogP contribution in [0.5, 0.6) is 0 Å². The Morgan fingerprint density at radius 2 is 2.00 bits per heavy atom. The minimum atomic E-state index is 0.0603. The predicted octanol–water partition coefficient (Wildman–Crippen LogP) is 2.33. The average molecular weight is 179 g/mol. The van der Waals surface area contributed by atoms with Gasteiger partial charge < -0.3 is 4.90 Å². The van der Waals surface area contributed by atoms with E-state index in [2.05, 4.69) is 32.7 Å². The van der Waals surface area contributed by atoms with Crippen LogP contribution >= 0.6 is 0 Å². The zero-order valence-electron chi connectivity index (χ0n) is 9.51. The fourth-order valence-corrected chi connectivity index (χ4v) is 2.28. The van der Waals surface area contributed by atoms with Crippen LogP contribution in [0.4, 0.5) is 0 Å². The number of hydrogen-bond donors (Lipinski definition) is 0. The van der Waals surface area contributed by atoms with E-state index in [4.69, 9.17) is 7.85 Å². The minimum Gasteiger partial charge on any atom is -0.306 e. The SMILES string of the molecule is [B]C1(C(C)C)CCN(C)CCC1C. The number of rotatable bonds is 1. The van der Waals surface area contributed by atoms with Crippen LogP contribution in [-0.2, 0) is 0 Å². The first-order chi connectivity index (χ1) is 5.97. The Morgan fingerprint density at radius 3 is 2.54 bits per heavy atom. The fraction of sp³-hybridized carbons (Fsp3) is 1.00. The number of likely N-dealkylation sites (tertiary alicyclic amines) is 1. The van der Waals surface area contributed by atoms with E-state index in [1.54, 1.807) is 0 Å². The topological polar surface area (TPSA) is 3.24 Å². The van der Waals surface area contributed by atoms with Gasteiger partial charge in [-0.3, -0.25) is 0 Å². The first kappa shape index (κ1) is 11.1. The highest BCUT2D eigenvalue weighted by Crippen LogP contribution is 2.46. The van der Waals surface area contributed by atoms with Gasteiger partial charge in [0, 0.05) is 0 Å². The molecule has 0 aromatic heterocycles. The molecule has 0 aromatic rings. The molecule has 2 unspecified atom stereocenters. The summed E-state index contributed by atoms with van der Waals surface area (Å²) in [5.41, 5.74) is 0. The van der Waals surface area contributed by atoms with Crippen LogP contribution in [0.1, 0.15) is 33.6 Å². The summed E-state index contributed by atoms with van der Waals surface area (Å²) in [6.07, 6.45) is 2.38.